The van der Waals surface area contributed by atoms with E-state index in [9.17, 15) is 9.59 Å². The molecule has 22 heavy (non-hydrogen) atoms. The molecule has 0 saturated carbocycles. The van der Waals surface area contributed by atoms with Crippen molar-refractivity contribution in [3.63, 3.8) is 0 Å². The van der Waals surface area contributed by atoms with Crippen LogP contribution in [-0.4, -0.2) is 25.2 Å². The molecule has 0 unspecified atom stereocenters. The first-order chi connectivity index (χ1) is 10.4. The Bertz CT molecular complexity index is 484. The zero-order valence-corrected chi connectivity index (χ0v) is 14.1. The van der Waals surface area contributed by atoms with Gasteiger partial charge >= 0.3 is 11.9 Å². The molecule has 0 aliphatic heterocycles. The molecular weight excluding hydrogens is 280 g/mol. The molecule has 0 bridgehead atoms. The lowest BCUT2D eigenvalue weighted by atomic mass is 9.72. The predicted molar refractivity (Wildman–Crippen MR) is 85.4 cm³/mol. The molecule has 1 aromatic carbocycles. The first kappa shape index (κ1) is 18.2. The zero-order valence-electron chi connectivity index (χ0n) is 14.1. The second-order valence-electron chi connectivity index (χ2n) is 5.73. The molecule has 0 radical (unpaired) electrons. The lowest BCUT2D eigenvalue weighted by molar-refractivity contribution is -0.176. The highest BCUT2D eigenvalue weighted by atomic mass is 16.6. The van der Waals surface area contributed by atoms with Crippen LogP contribution in [0.15, 0.2) is 24.3 Å². The fourth-order valence-electron chi connectivity index (χ4n) is 2.45. The van der Waals surface area contributed by atoms with Crippen LogP contribution in [0.3, 0.4) is 0 Å². The molecule has 1 rings (SSSR count). The smallest absolute Gasteiger partial charge is 0.324 e. The van der Waals surface area contributed by atoms with Gasteiger partial charge in [-0.2, -0.15) is 0 Å². The van der Waals surface area contributed by atoms with Crippen LogP contribution in [-0.2, 0) is 25.5 Å². The second-order valence-corrected chi connectivity index (χ2v) is 5.73. The van der Waals surface area contributed by atoms with Crippen LogP contribution >= 0.6 is 0 Å². The molecule has 0 saturated heterocycles. The molecule has 0 aliphatic carbocycles. The molecule has 0 atom stereocenters. The Morgan fingerprint density at radius 3 is 1.82 bits per heavy atom. The van der Waals surface area contributed by atoms with E-state index in [0.29, 0.717) is 0 Å². The van der Waals surface area contributed by atoms with Gasteiger partial charge < -0.3 is 9.47 Å². The summed E-state index contributed by atoms with van der Waals surface area (Å²) < 4.78 is 10.4. The highest BCUT2D eigenvalue weighted by molar-refractivity contribution is 6.00. The van der Waals surface area contributed by atoms with Gasteiger partial charge in [0.05, 0.1) is 13.2 Å². The topological polar surface area (TPSA) is 52.6 Å². The summed E-state index contributed by atoms with van der Waals surface area (Å²) in [7, 11) is 0. The van der Waals surface area contributed by atoms with Crippen molar-refractivity contribution in [1.29, 1.82) is 0 Å². The summed E-state index contributed by atoms with van der Waals surface area (Å²) in [5.41, 5.74) is 0.743. The van der Waals surface area contributed by atoms with Crippen molar-refractivity contribution in [2.45, 2.75) is 41.0 Å². The van der Waals surface area contributed by atoms with Gasteiger partial charge in [0.25, 0.3) is 0 Å². The minimum absolute atomic E-state index is 0.230. The third kappa shape index (κ3) is 3.87. The maximum Gasteiger partial charge on any atom is 0.324 e. The molecule has 4 nitrogen and oxygen atoms in total. The van der Waals surface area contributed by atoms with Gasteiger partial charge in [-0.15, -0.1) is 0 Å². The number of rotatable bonds is 7. The Morgan fingerprint density at radius 2 is 1.45 bits per heavy atom. The molecular formula is C18H26O4. The number of esters is 2. The van der Waals surface area contributed by atoms with Crippen molar-refractivity contribution in [3.05, 3.63) is 35.4 Å². The number of hydrogen-bond donors (Lipinski definition) is 0. The van der Waals surface area contributed by atoms with E-state index in [1.165, 1.54) is 0 Å². The molecule has 0 heterocycles. The lowest BCUT2D eigenvalue weighted by Gasteiger charge is -2.32. The van der Waals surface area contributed by atoms with Gasteiger partial charge in [0, 0.05) is 0 Å². The Morgan fingerprint density at radius 1 is 1.00 bits per heavy atom. The number of aryl methyl sites for hydroxylation is 1. The summed E-state index contributed by atoms with van der Waals surface area (Å²) >= 11 is 0. The average molecular weight is 306 g/mol. The maximum absolute atomic E-state index is 12.6. The first-order valence-corrected chi connectivity index (χ1v) is 7.78. The van der Waals surface area contributed by atoms with Crippen LogP contribution < -0.4 is 0 Å². The summed E-state index contributed by atoms with van der Waals surface area (Å²) in [6.07, 6.45) is 0.280. The van der Waals surface area contributed by atoms with E-state index >= 15 is 0 Å². The van der Waals surface area contributed by atoms with Crippen molar-refractivity contribution in [2.24, 2.45) is 11.3 Å². The fourth-order valence-corrected chi connectivity index (χ4v) is 2.45. The largest absolute Gasteiger partial charge is 0.465 e. The van der Waals surface area contributed by atoms with Gasteiger partial charge in [0.2, 0.25) is 0 Å². The quantitative estimate of drug-likeness (QED) is 0.573. The van der Waals surface area contributed by atoms with Crippen LogP contribution in [0, 0.1) is 18.3 Å². The molecule has 0 N–H and O–H groups in total. The minimum Gasteiger partial charge on any atom is -0.465 e. The Balaban J connectivity index is 3.25. The summed E-state index contributed by atoms with van der Waals surface area (Å²) in [6.45, 7) is 9.64. The van der Waals surface area contributed by atoms with E-state index in [1.54, 1.807) is 13.8 Å². The summed E-state index contributed by atoms with van der Waals surface area (Å²) in [5, 5.41) is 0. The summed E-state index contributed by atoms with van der Waals surface area (Å²) in [6, 6.07) is 7.81. The molecule has 0 spiro atoms. The minimum atomic E-state index is -1.30. The summed E-state index contributed by atoms with van der Waals surface area (Å²) in [4.78, 5) is 25.1. The van der Waals surface area contributed by atoms with Crippen LogP contribution in [0.5, 0.6) is 0 Å². The van der Waals surface area contributed by atoms with Crippen molar-refractivity contribution >= 4 is 11.9 Å². The van der Waals surface area contributed by atoms with Gasteiger partial charge in [-0.25, -0.2) is 0 Å². The molecule has 0 fully saturated rings. The monoisotopic (exact) mass is 306 g/mol. The number of benzene rings is 1. The molecule has 1 aromatic rings. The van der Waals surface area contributed by atoms with E-state index < -0.39 is 17.4 Å². The third-order valence-corrected chi connectivity index (χ3v) is 3.87. The molecule has 0 aliphatic rings. The van der Waals surface area contributed by atoms with E-state index in [0.717, 1.165) is 11.1 Å². The van der Waals surface area contributed by atoms with Crippen molar-refractivity contribution in [1.82, 2.24) is 0 Å². The van der Waals surface area contributed by atoms with Crippen molar-refractivity contribution in [2.75, 3.05) is 13.2 Å². The normalized spacial score (nSPS) is 11.4. The highest BCUT2D eigenvalue weighted by Crippen LogP contribution is 2.35. The van der Waals surface area contributed by atoms with E-state index in [1.807, 2.05) is 45.0 Å². The molecule has 0 amide bonds. The molecule has 4 heteroatoms. The van der Waals surface area contributed by atoms with Gasteiger partial charge in [0.15, 0.2) is 5.41 Å². The molecule has 0 aromatic heterocycles. The maximum atomic E-state index is 12.6. The van der Waals surface area contributed by atoms with Crippen molar-refractivity contribution < 1.29 is 19.1 Å². The summed E-state index contributed by atoms with van der Waals surface area (Å²) in [5.74, 6) is -1.25. The molecule has 122 valence electrons. The predicted octanol–water partition coefficient (Wildman–Crippen LogP) is 3.31. The number of ether oxygens (including phenoxy) is 2. The number of hydrogen-bond acceptors (Lipinski definition) is 4. The number of carbonyl (C=O) groups is 2. The third-order valence-electron chi connectivity index (χ3n) is 3.87. The van der Waals surface area contributed by atoms with Gasteiger partial charge in [-0.1, -0.05) is 43.7 Å². The second kappa shape index (κ2) is 7.97. The van der Waals surface area contributed by atoms with Crippen LogP contribution in [0.25, 0.3) is 0 Å². The van der Waals surface area contributed by atoms with Crippen LogP contribution in [0.1, 0.15) is 38.8 Å². The zero-order chi connectivity index (χ0) is 16.8. The Labute approximate surface area is 132 Å². The van der Waals surface area contributed by atoms with Gasteiger partial charge in [0.1, 0.15) is 0 Å². The van der Waals surface area contributed by atoms with Crippen LogP contribution in [0.4, 0.5) is 0 Å². The Hall–Kier alpha value is -1.84. The van der Waals surface area contributed by atoms with E-state index in [4.69, 9.17) is 9.47 Å². The first-order valence-electron chi connectivity index (χ1n) is 7.78. The van der Waals surface area contributed by atoms with Gasteiger partial charge in [-0.05, 0) is 38.7 Å². The van der Waals surface area contributed by atoms with Gasteiger partial charge in [-0.3, -0.25) is 9.59 Å². The standard InChI is InChI=1S/C18H26O4/c1-6-21-16(19)18(13(3)4,17(20)22-7-2)12-15-10-8-14(5)9-11-15/h8-11,13H,6-7,12H2,1-5H3. The SMILES string of the molecule is CCOC(=O)C(Cc1ccc(C)cc1)(C(=O)OCC)C(C)C. The Kier molecular flexibility index (Phi) is 6.60. The van der Waals surface area contributed by atoms with E-state index in [-0.39, 0.29) is 25.6 Å². The van der Waals surface area contributed by atoms with E-state index in [2.05, 4.69) is 0 Å². The van der Waals surface area contributed by atoms with Crippen molar-refractivity contribution in [3.8, 4) is 0 Å². The fraction of sp³-hybridized carbons (Fsp3) is 0.556. The lowest BCUT2D eigenvalue weighted by Crippen LogP contribution is -2.48. The average Bonchev–Trinajstić information content (AvgIpc) is 2.46. The van der Waals surface area contributed by atoms with Crippen LogP contribution in [0.2, 0.25) is 0 Å². The highest BCUT2D eigenvalue weighted by Gasteiger charge is 2.51. The number of carbonyl (C=O) groups excluding carboxylic acids is 2.